The van der Waals surface area contributed by atoms with Crippen molar-refractivity contribution >= 4 is 5.91 Å². The Morgan fingerprint density at radius 1 is 1.60 bits per heavy atom. The summed E-state index contributed by atoms with van der Waals surface area (Å²) in [6, 6.07) is 1.59. The Labute approximate surface area is 89.0 Å². The third kappa shape index (κ3) is 3.06. The number of hydrogen-bond acceptors (Lipinski definition) is 4. The van der Waals surface area contributed by atoms with E-state index >= 15 is 0 Å². The van der Waals surface area contributed by atoms with Crippen molar-refractivity contribution in [1.82, 2.24) is 10.5 Å². The van der Waals surface area contributed by atoms with Gasteiger partial charge in [-0.3, -0.25) is 4.79 Å². The zero-order chi connectivity index (χ0) is 11.4. The first-order valence-corrected chi connectivity index (χ1v) is 5.02. The molecule has 1 aromatic heterocycles. The molecule has 0 radical (unpaired) electrons. The van der Waals surface area contributed by atoms with Crippen LogP contribution in [-0.2, 0) is 0 Å². The van der Waals surface area contributed by atoms with Crippen molar-refractivity contribution in [2.75, 3.05) is 6.54 Å². The molecule has 3 N–H and O–H groups in total. The van der Waals surface area contributed by atoms with Crippen LogP contribution in [0, 0.1) is 0 Å². The Morgan fingerprint density at radius 3 is 2.73 bits per heavy atom. The molecule has 0 unspecified atom stereocenters. The number of carbonyl (C=O) groups is 1. The van der Waals surface area contributed by atoms with Crippen LogP contribution in [0.4, 0.5) is 0 Å². The molecule has 1 heterocycles. The van der Waals surface area contributed by atoms with Crippen molar-refractivity contribution in [2.24, 2.45) is 5.73 Å². The average Bonchev–Trinajstić information content (AvgIpc) is 2.66. The number of rotatable bonds is 4. The van der Waals surface area contributed by atoms with Crippen LogP contribution in [0.3, 0.4) is 0 Å². The second kappa shape index (κ2) is 4.93. The zero-order valence-electron chi connectivity index (χ0n) is 9.28. The normalized spacial score (nSPS) is 12.9. The van der Waals surface area contributed by atoms with E-state index in [2.05, 4.69) is 10.5 Å². The number of nitrogens with one attached hydrogen (secondary N) is 1. The minimum atomic E-state index is -0.271. The van der Waals surface area contributed by atoms with Gasteiger partial charge in [0.15, 0.2) is 0 Å². The number of amides is 1. The van der Waals surface area contributed by atoms with Gasteiger partial charge in [-0.2, -0.15) is 0 Å². The second-order valence-corrected chi connectivity index (χ2v) is 3.88. The summed E-state index contributed by atoms with van der Waals surface area (Å²) in [4.78, 5) is 11.5. The highest BCUT2D eigenvalue weighted by Gasteiger charge is 2.15. The lowest BCUT2D eigenvalue weighted by molar-refractivity contribution is 0.0904. The molecule has 1 amide bonds. The van der Waals surface area contributed by atoms with Gasteiger partial charge in [-0.25, -0.2) is 0 Å². The summed E-state index contributed by atoms with van der Waals surface area (Å²) in [5.74, 6) is 0.216. The minimum Gasteiger partial charge on any atom is -0.351 e. The Bertz CT molecular complexity index is 333. The predicted molar refractivity (Wildman–Crippen MR) is 56.6 cm³/mol. The van der Waals surface area contributed by atoms with Crippen LogP contribution < -0.4 is 11.1 Å². The molecule has 1 aromatic rings. The molecule has 0 saturated heterocycles. The van der Waals surface area contributed by atoms with E-state index in [0.29, 0.717) is 6.54 Å². The largest absolute Gasteiger partial charge is 0.351 e. The van der Waals surface area contributed by atoms with Crippen molar-refractivity contribution in [3.05, 3.63) is 17.5 Å². The van der Waals surface area contributed by atoms with Gasteiger partial charge in [-0.1, -0.05) is 19.0 Å². The Balaban J connectivity index is 2.66. The lowest BCUT2D eigenvalue weighted by Crippen LogP contribution is -2.37. The maximum absolute atomic E-state index is 11.5. The maximum atomic E-state index is 11.5. The lowest BCUT2D eigenvalue weighted by Gasteiger charge is -2.08. The van der Waals surface area contributed by atoms with Crippen molar-refractivity contribution in [1.29, 1.82) is 0 Å². The van der Waals surface area contributed by atoms with Crippen LogP contribution in [0.1, 0.15) is 42.9 Å². The third-order valence-corrected chi connectivity index (χ3v) is 2.07. The van der Waals surface area contributed by atoms with Gasteiger partial charge in [0.2, 0.25) is 5.76 Å². The van der Waals surface area contributed by atoms with E-state index in [1.165, 1.54) is 0 Å². The van der Waals surface area contributed by atoms with Crippen LogP contribution in [0.25, 0.3) is 0 Å². The van der Waals surface area contributed by atoms with Crippen LogP contribution in [0.5, 0.6) is 0 Å². The van der Waals surface area contributed by atoms with Gasteiger partial charge < -0.3 is 15.6 Å². The van der Waals surface area contributed by atoms with E-state index in [1.807, 2.05) is 20.8 Å². The fraction of sp³-hybridized carbons (Fsp3) is 0.600. The van der Waals surface area contributed by atoms with Gasteiger partial charge in [0.1, 0.15) is 0 Å². The van der Waals surface area contributed by atoms with E-state index in [9.17, 15) is 4.79 Å². The molecule has 0 saturated carbocycles. The van der Waals surface area contributed by atoms with Crippen LogP contribution in [-0.4, -0.2) is 23.7 Å². The molecule has 1 atom stereocenters. The summed E-state index contributed by atoms with van der Waals surface area (Å²) in [6.07, 6.45) is 0. The topological polar surface area (TPSA) is 81.2 Å². The molecule has 0 aliphatic rings. The van der Waals surface area contributed by atoms with Gasteiger partial charge in [-0.05, 0) is 12.8 Å². The standard InChI is InChI=1S/C10H17N3O2/c1-6(2)8-4-9(15-13-8)10(14)12-7(3)5-11/h4,6-7H,5,11H2,1-3H3,(H,12,14)/t7-/m1/s1. The van der Waals surface area contributed by atoms with Crippen molar-refractivity contribution < 1.29 is 9.32 Å². The van der Waals surface area contributed by atoms with Crippen LogP contribution in [0.2, 0.25) is 0 Å². The first-order chi connectivity index (χ1) is 7.04. The summed E-state index contributed by atoms with van der Waals surface area (Å²) in [5.41, 5.74) is 6.17. The number of carbonyl (C=O) groups excluding carboxylic acids is 1. The molecule has 0 spiro atoms. The summed E-state index contributed by atoms with van der Waals surface area (Å²) < 4.78 is 4.93. The zero-order valence-corrected chi connectivity index (χ0v) is 9.28. The smallest absolute Gasteiger partial charge is 0.290 e. The fourth-order valence-corrected chi connectivity index (χ4v) is 1.02. The highest BCUT2D eigenvalue weighted by atomic mass is 16.5. The quantitative estimate of drug-likeness (QED) is 0.774. The number of nitrogens with zero attached hydrogens (tertiary/aromatic N) is 1. The van der Waals surface area contributed by atoms with Gasteiger partial charge in [0, 0.05) is 18.7 Å². The second-order valence-electron chi connectivity index (χ2n) is 3.88. The van der Waals surface area contributed by atoms with E-state index in [1.54, 1.807) is 6.07 Å². The summed E-state index contributed by atoms with van der Waals surface area (Å²) in [7, 11) is 0. The summed E-state index contributed by atoms with van der Waals surface area (Å²) in [6.45, 7) is 6.21. The highest BCUT2D eigenvalue weighted by molar-refractivity contribution is 5.91. The molecule has 84 valence electrons. The Morgan fingerprint density at radius 2 is 2.27 bits per heavy atom. The maximum Gasteiger partial charge on any atom is 0.290 e. The summed E-state index contributed by atoms with van der Waals surface area (Å²) >= 11 is 0. The SMILES string of the molecule is CC(C)c1cc(C(=O)N[C@H](C)CN)on1. The molecule has 5 heteroatoms. The number of aromatic nitrogens is 1. The molecule has 0 aliphatic heterocycles. The molecule has 15 heavy (non-hydrogen) atoms. The van der Waals surface area contributed by atoms with E-state index in [4.69, 9.17) is 10.3 Å². The molecule has 0 fully saturated rings. The average molecular weight is 211 g/mol. The molecule has 0 aliphatic carbocycles. The Hall–Kier alpha value is -1.36. The number of hydrogen-bond donors (Lipinski definition) is 2. The van der Waals surface area contributed by atoms with E-state index in [-0.39, 0.29) is 23.6 Å². The number of nitrogens with two attached hydrogens (primary N) is 1. The molecule has 0 aromatic carbocycles. The van der Waals surface area contributed by atoms with E-state index in [0.717, 1.165) is 5.69 Å². The lowest BCUT2D eigenvalue weighted by atomic mass is 10.1. The fourth-order valence-electron chi connectivity index (χ4n) is 1.02. The van der Waals surface area contributed by atoms with Crippen molar-refractivity contribution in [3.63, 3.8) is 0 Å². The van der Waals surface area contributed by atoms with Gasteiger partial charge in [0.05, 0.1) is 5.69 Å². The third-order valence-electron chi connectivity index (χ3n) is 2.07. The minimum absolute atomic E-state index is 0.0647. The van der Waals surface area contributed by atoms with Gasteiger partial charge in [0.25, 0.3) is 5.91 Å². The monoisotopic (exact) mass is 211 g/mol. The first kappa shape index (κ1) is 11.7. The molecular formula is C10H17N3O2. The van der Waals surface area contributed by atoms with Crippen molar-refractivity contribution in [2.45, 2.75) is 32.7 Å². The van der Waals surface area contributed by atoms with Gasteiger partial charge in [-0.15, -0.1) is 0 Å². The molecule has 1 rings (SSSR count). The van der Waals surface area contributed by atoms with E-state index < -0.39 is 0 Å². The van der Waals surface area contributed by atoms with Crippen LogP contribution in [0.15, 0.2) is 10.6 Å². The van der Waals surface area contributed by atoms with Crippen molar-refractivity contribution in [3.8, 4) is 0 Å². The highest BCUT2D eigenvalue weighted by Crippen LogP contribution is 2.13. The predicted octanol–water partition coefficient (Wildman–Crippen LogP) is 0.875. The molecule has 0 bridgehead atoms. The van der Waals surface area contributed by atoms with Gasteiger partial charge >= 0.3 is 0 Å². The van der Waals surface area contributed by atoms with Crippen LogP contribution >= 0.6 is 0 Å². The molecular weight excluding hydrogens is 194 g/mol. The first-order valence-electron chi connectivity index (χ1n) is 5.02. The molecule has 5 nitrogen and oxygen atoms in total. The Kier molecular flexibility index (Phi) is 3.85. The summed E-state index contributed by atoms with van der Waals surface area (Å²) in [5, 5.41) is 6.50.